The molecule has 1 atom stereocenters. The minimum absolute atomic E-state index is 0.00424. The van der Waals surface area contributed by atoms with Crippen LogP contribution in [-0.2, 0) is 27.5 Å². The summed E-state index contributed by atoms with van der Waals surface area (Å²) in [6.45, 7) is 2.29. The van der Waals surface area contributed by atoms with Crippen LogP contribution in [-0.4, -0.2) is 45.5 Å². The van der Waals surface area contributed by atoms with Crippen molar-refractivity contribution in [2.75, 3.05) is 18.0 Å². The van der Waals surface area contributed by atoms with Gasteiger partial charge in [-0.25, -0.2) is 18.6 Å². The van der Waals surface area contributed by atoms with Gasteiger partial charge in [-0.3, -0.25) is 14.6 Å². The summed E-state index contributed by atoms with van der Waals surface area (Å²) in [5, 5.41) is 3.80. The SMILES string of the molecule is CCN(CC(=O)N(Cc1ccc(C2CCCCC2)nc1)c1ccc(C)c(/C=N\NC=O)c1)[S+]([O-])c1c(F)c(F)c(F)c(F)c1F. The van der Waals surface area contributed by atoms with E-state index in [4.69, 9.17) is 0 Å². The van der Waals surface area contributed by atoms with Crippen LogP contribution in [0.25, 0.3) is 0 Å². The van der Waals surface area contributed by atoms with Gasteiger partial charge < -0.3 is 9.45 Å². The summed E-state index contributed by atoms with van der Waals surface area (Å²) >= 11 is -2.92. The molecule has 1 aliphatic carbocycles. The zero-order valence-electron chi connectivity index (χ0n) is 24.7. The Morgan fingerprint density at radius 1 is 1.04 bits per heavy atom. The highest BCUT2D eigenvalue weighted by Gasteiger charge is 2.38. The van der Waals surface area contributed by atoms with E-state index in [1.54, 1.807) is 31.3 Å². The fourth-order valence-electron chi connectivity index (χ4n) is 5.14. The molecule has 1 fully saturated rings. The van der Waals surface area contributed by atoms with E-state index in [1.807, 2.05) is 12.1 Å². The summed E-state index contributed by atoms with van der Waals surface area (Å²) in [6, 6.07) is 8.77. The number of likely N-dealkylation sites (N-methyl/N-ethyl adjacent to an activating group) is 1. The number of hydrogen-bond acceptors (Lipinski definition) is 6. The molecule has 240 valence electrons. The number of aromatic nitrogens is 1. The smallest absolute Gasteiger partial charge is 0.251 e. The van der Waals surface area contributed by atoms with Crippen LogP contribution in [0.15, 0.2) is 46.5 Å². The highest BCUT2D eigenvalue weighted by atomic mass is 32.2. The van der Waals surface area contributed by atoms with Crippen LogP contribution in [0.2, 0.25) is 0 Å². The van der Waals surface area contributed by atoms with Crippen LogP contribution < -0.4 is 10.3 Å². The zero-order chi connectivity index (χ0) is 32.7. The molecule has 0 aliphatic heterocycles. The quantitative estimate of drug-likeness (QED) is 0.0509. The van der Waals surface area contributed by atoms with E-state index in [-0.39, 0.29) is 13.1 Å². The molecule has 0 radical (unpaired) electrons. The number of rotatable bonds is 12. The molecule has 1 saturated carbocycles. The van der Waals surface area contributed by atoms with Gasteiger partial charge in [0, 0.05) is 30.0 Å². The van der Waals surface area contributed by atoms with Gasteiger partial charge in [-0.05, 0) is 61.6 Å². The number of nitrogens with zero attached hydrogens (tertiary/aromatic N) is 4. The van der Waals surface area contributed by atoms with Crippen molar-refractivity contribution in [2.24, 2.45) is 5.10 Å². The van der Waals surface area contributed by atoms with E-state index in [2.05, 4.69) is 15.5 Å². The number of benzene rings is 2. The molecule has 1 unspecified atom stereocenters. The van der Waals surface area contributed by atoms with Crippen molar-refractivity contribution in [1.29, 1.82) is 0 Å². The summed E-state index contributed by atoms with van der Waals surface area (Å²) in [6.07, 6.45) is 9.01. The number of halogens is 5. The monoisotopic (exact) mass is 649 g/mol. The molecule has 8 nitrogen and oxygen atoms in total. The number of hydrogen-bond donors (Lipinski definition) is 1. The normalized spacial score (nSPS) is 14.6. The van der Waals surface area contributed by atoms with Crippen molar-refractivity contribution >= 4 is 35.6 Å². The Morgan fingerprint density at radius 3 is 2.31 bits per heavy atom. The van der Waals surface area contributed by atoms with E-state index in [9.17, 15) is 36.1 Å². The minimum Gasteiger partial charge on any atom is -0.593 e. The zero-order valence-corrected chi connectivity index (χ0v) is 25.5. The Hall–Kier alpha value is -3.88. The number of aryl methyl sites for hydroxylation is 1. The number of carbonyl (C=O) groups is 2. The molecule has 0 bridgehead atoms. The van der Waals surface area contributed by atoms with E-state index in [0.717, 1.165) is 41.2 Å². The van der Waals surface area contributed by atoms with Gasteiger partial charge in [0.2, 0.25) is 41.4 Å². The predicted molar refractivity (Wildman–Crippen MR) is 159 cm³/mol. The summed E-state index contributed by atoms with van der Waals surface area (Å²) in [5.74, 6) is -11.6. The number of amides is 2. The molecule has 1 heterocycles. The van der Waals surface area contributed by atoms with E-state index < -0.39 is 57.8 Å². The van der Waals surface area contributed by atoms with Crippen molar-refractivity contribution in [3.63, 3.8) is 0 Å². The molecule has 14 heteroatoms. The van der Waals surface area contributed by atoms with Crippen molar-refractivity contribution < 1.29 is 36.1 Å². The molecule has 1 aromatic heterocycles. The molecule has 0 spiro atoms. The molecule has 0 saturated heterocycles. The molecule has 3 aromatic rings. The van der Waals surface area contributed by atoms with Crippen LogP contribution in [0, 0.1) is 36.0 Å². The Morgan fingerprint density at radius 2 is 1.71 bits per heavy atom. The summed E-state index contributed by atoms with van der Waals surface area (Å²) < 4.78 is 84.4. The van der Waals surface area contributed by atoms with Gasteiger partial charge in [-0.1, -0.05) is 31.4 Å². The first-order chi connectivity index (χ1) is 21.6. The maximum Gasteiger partial charge on any atom is 0.251 e. The second-order valence-corrected chi connectivity index (χ2v) is 12.0. The Kier molecular flexibility index (Phi) is 11.6. The van der Waals surface area contributed by atoms with Gasteiger partial charge >= 0.3 is 0 Å². The van der Waals surface area contributed by atoms with Crippen molar-refractivity contribution in [3.05, 3.63) is 88.0 Å². The first kappa shape index (κ1) is 34.0. The lowest BCUT2D eigenvalue weighted by molar-refractivity contribution is -0.119. The van der Waals surface area contributed by atoms with Gasteiger partial charge in [-0.2, -0.15) is 13.9 Å². The second-order valence-electron chi connectivity index (χ2n) is 10.6. The molecule has 2 aromatic carbocycles. The highest BCUT2D eigenvalue weighted by molar-refractivity contribution is 7.89. The van der Waals surface area contributed by atoms with Crippen LogP contribution in [0.4, 0.5) is 27.6 Å². The number of hydrazone groups is 1. The molecule has 1 N–H and O–H groups in total. The van der Waals surface area contributed by atoms with Crippen LogP contribution >= 0.6 is 0 Å². The third-order valence-electron chi connectivity index (χ3n) is 7.66. The average Bonchev–Trinajstić information content (AvgIpc) is 3.05. The third kappa shape index (κ3) is 7.86. The largest absolute Gasteiger partial charge is 0.593 e. The topological polar surface area (TPSA) is 101 Å². The lowest BCUT2D eigenvalue weighted by atomic mass is 9.86. The first-order valence-electron chi connectivity index (χ1n) is 14.3. The van der Waals surface area contributed by atoms with Gasteiger partial charge in [0.15, 0.2) is 0 Å². The highest BCUT2D eigenvalue weighted by Crippen LogP contribution is 2.32. The Balaban J connectivity index is 1.66. The van der Waals surface area contributed by atoms with E-state index in [1.165, 1.54) is 24.5 Å². The van der Waals surface area contributed by atoms with Crippen LogP contribution in [0.1, 0.15) is 67.3 Å². The third-order valence-corrected chi connectivity index (χ3v) is 9.23. The van der Waals surface area contributed by atoms with E-state index in [0.29, 0.717) is 29.1 Å². The van der Waals surface area contributed by atoms with Crippen LogP contribution in [0.5, 0.6) is 0 Å². The van der Waals surface area contributed by atoms with Gasteiger partial charge in [0.1, 0.15) is 6.54 Å². The fourth-order valence-corrected chi connectivity index (χ4v) is 6.34. The Labute approximate surface area is 260 Å². The second kappa shape index (κ2) is 15.4. The van der Waals surface area contributed by atoms with Gasteiger partial charge in [0.05, 0.1) is 24.1 Å². The molecule has 2 amide bonds. The fraction of sp³-hybridized carbons (Fsp3) is 0.355. The standard InChI is InChI=1S/C31H32F5N5O3S/c1-3-40(45(44)31-29(35)27(33)26(32)28(34)30(31)36)17-25(43)41(23-11-9-19(2)22(13-23)15-38-39-18-42)16-20-10-12-24(37-14-20)21-7-5-4-6-8-21/h9-15,18,21H,3-8,16-17H2,1-2H3,(H,39,42)/b38-15-. The van der Waals surface area contributed by atoms with Crippen molar-refractivity contribution in [1.82, 2.24) is 14.7 Å². The maximum atomic E-state index is 14.5. The molecular weight excluding hydrogens is 617 g/mol. The number of nitrogens with one attached hydrogen (secondary N) is 1. The van der Waals surface area contributed by atoms with Gasteiger partial charge in [0.25, 0.3) is 4.90 Å². The predicted octanol–water partition coefficient (Wildman–Crippen LogP) is 5.79. The maximum absolute atomic E-state index is 14.5. The van der Waals surface area contributed by atoms with Crippen molar-refractivity contribution in [3.8, 4) is 0 Å². The number of pyridine rings is 1. The number of anilines is 1. The molecular formula is C31H32F5N5O3S. The van der Waals surface area contributed by atoms with Crippen LogP contribution in [0.3, 0.4) is 0 Å². The average molecular weight is 650 g/mol. The summed E-state index contributed by atoms with van der Waals surface area (Å²) in [4.78, 5) is 28.9. The summed E-state index contributed by atoms with van der Waals surface area (Å²) in [7, 11) is 0. The lowest BCUT2D eigenvalue weighted by Crippen LogP contribution is -2.43. The molecule has 45 heavy (non-hydrogen) atoms. The lowest BCUT2D eigenvalue weighted by Gasteiger charge is -2.28. The molecule has 1 aliphatic rings. The van der Waals surface area contributed by atoms with E-state index >= 15 is 0 Å². The molecule has 4 rings (SSSR count). The minimum atomic E-state index is -2.92. The first-order valence-corrected chi connectivity index (χ1v) is 15.4. The number of carbonyl (C=O) groups excluding carboxylic acids is 2. The Bertz CT molecular complexity index is 1520. The van der Waals surface area contributed by atoms with Crippen molar-refractivity contribution in [2.45, 2.75) is 63.3 Å². The van der Waals surface area contributed by atoms with Gasteiger partial charge in [-0.15, -0.1) is 4.31 Å². The summed E-state index contributed by atoms with van der Waals surface area (Å²) in [5.41, 5.74) is 5.48.